The highest BCUT2D eigenvalue weighted by atomic mass is 32.2. The van der Waals surface area contributed by atoms with E-state index in [1.165, 1.54) is 6.20 Å². The third-order valence-corrected chi connectivity index (χ3v) is 4.41. The van der Waals surface area contributed by atoms with Gasteiger partial charge in [-0.1, -0.05) is 26.0 Å². The summed E-state index contributed by atoms with van der Waals surface area (Å²) in [7, 11) is 0. The lowest BCUT2D eigenvalue weighted by Crippen LogP contribution is -2.26. The Balaban J connectivity index is 2.32. The molecule has 0 aliphatic rings. The summed E-state index contributed by atoms with van der Waals surface area (Å²) >= 11 is 1.68. The van der Waals surface area contributed by atoms with Crippen LogP contribution in [-0.4, -0.2) is 17.5 Å². The molecule has 2 rings (SSSR count). The predicted octanol–water partition coefficient (Wildman–Crippen LogP) is 2.58. The smallest absolute Gasteiger partial charge is 0.224 e. The number of thioether (sulfide) groups is 1. The highest BCUT2D eigenvalue weighted by Crippen LogP contribution is 2.31. The minimum Gasteiger partial charge on any atom is -0.618 e. The van der Waals surface area contributed by atoms with Crippen LogP contribution in [0.5, 0.6) is 0 Å². The van der Waals surface area contributed by atoms with E-state index in [0.29, 0.717) is 5.52 Å². The minimum atomic E-state index is -0.116. The molecule has 2 aromatic rings. The van der Waals surface area contributed by atoms with E-state index in [1.807, 2.05) is 44.2 Å². The van der Waals surface area contributed by atoms with Gasteiger partial charge in [-0.2, -0.15) is 4.73 Å². The number of aromatic nitrogens is 1. The largest absolute Gasteiger partial charge is 0.618 e. The number of hydrogen-bond acceptors (Lipinski definition) is 3. The zero-order valence-electron chi connectivity index (χ0n) is 10.6. The summed E-state index contributed by atoms with van der Waals surface area (Å²) in [5, 5.41) is 21.9. The van der Waals surface area contributed by atoms with Crippen molar-refractivity contribution in [2.45, 2.75) is 18.7 Å². The van der Waals surface area contributed by atoms with E-state index in [9.17, 15) is 10.3 Å². The van der Waals surface area contributed by atoms with Crippen LogP contribution in [0.25, 0.3) is 10.9 Å². The Morgan fingerprint density at radius 1 is 1.28 bits per heavy atom. The molecule has 3 nitrogen and oxygen atoms in total. The first-order valence-electron chi connectivity index (χ1n) is 5.88. The normalized spacial score (nSPS) is 11.9. The maximum Gasteiger partial charge on any atom is 0.224 e. The predicted molar refractivity (Wildman–Crippen MR) is 74.5 cm³/mol. The molecule has 0 spiro atoms. The van der Waals surface area contributed by atoms with Gasteiger partial charge in [0.05, 0.1) is 5.39 Å². The van der Waals surface area contributed by atoms with Crippen LogP contribution < -0.4 is 4.73 Å². The average Bonchev–Trinajstić information content (AvgIpc) is 2.38. The van der Waals surface area contributed by atoms with Gasteiger partial charge in [0.25, 0.3) is 0 Å². The van der Waals surface area contributed by atoms with Crippen molar-refractivity contribution in [3.05, 3.63) is 41.7 Å². The van der Waals surface area contributed by atoms with Crippen molar-refractivity contribution < 1.29 is 9.84 Å². The Labute approximate surface area is 111 Å². The van der Waals surface area contributed by atoms with Gasteiger partial charge in [-0.15, -0.1) is 11.8 Å². The molecule has 0 saturated carbocycles. The Hall–Kier alpha value is -1.26. The lowest BCUT2D eigenvalue weighted by Gasteiger charge is -2.20. The van der Waals surface area contributed by atoms with E-state index in [0.717, 1.165) is 20.8 Å². The second-order valence-electron chi connectivity index (χ2n) is 5.13. The molecule has 0 radical (unpaired) electrons. The SMILES string of the molecule is CC(C)(CO)CSc1cc[n+]([O-])c2ccccc12. The summed E-state index contributed by atoms with van der Waals surface area (Å²) in [6.45, 7) is 4.21. The third kappa shape index (κ3) is 2.76. The maximum absolute atomic E-state index is 11.7. The zero-order valence-corrected chi connectivity index (χ0v) is 11.4. The maximum atomic E-state index is 11.7. The van der Waals surface area contributed by atoms with Crippen molar-refractivity contribution in [2.75, 3.05) is 12.4 Å². The van der Waals surface area contributed by atoms with Gasteiger partial charge in [-0.25, -0.2) is 0 Å². The van der Waals surface area contributed by atoms with Crippen LogP contribution in [-0.2, 0) is 0 Å². The number of benzene rings is 1. The molecule has 1 aromatic heterocycles. The monoisotopic (exact) mass is 263 g/mol. The highest BCUT2D eigenvalue weighted by Gasteiger charge is 2.18. The van der Waals surface area contributed by atoms with Crippen molar-refractivity contribution in [3.8, 4) is 0 Å². The molecular formula is C14H17NO2S. The molecule has 4 heteroatoms. The van der Waals surface area contributed by atoms with Crippen molar-refractivity contribution >= 4 is 22.7 Å². The molecule has 0 aliphatic heterocycles. The van der Waals surface area contributed by atoms with Crippen LogP contribution in [0.2, 0.25) is 0 Å². The highest BCUT2D eigenvalue weighted by molar-refractivity contribution is 7.99. The molecule has 0 aliphatic carbocycles. The van der Waals surface area contributed by atoms with E-state index < -0.39 is 0 Å². The number of nitrogens with zero attached hydrogens (tertiary/aromatic N) is 1. The number of aliphatic hydroxyl groups is 1. The summed E-state index contributed by atoms with van der Waals surface area (Å²) in [5.74, 6) is 0.816. The summed E-state index contributed by atoms with van der Waals surface area (Å²) in [6.07, 6.45) is 1.54. The second kappa shape index (κ2) is 5.16. The number of fused-ring (bicyclic) bond motifs is 1. The van der Waals surface area contributed by atoms with Crippen molar-refractivity contribution in [1.29, 1.82) is 0 Å². The number of pyridine rings is 1. The standard InChI is InChI=1S/C14H17NO2S/c1-14(2,9-16)10-18-13-7-8-15(17)12-6-4-3-5-11(12)13/h3-8,16H,9-10H2,1-2H3. The molecular weight excluding hydrogens is 246 g/mol. The Morgan fingerprint density at radius 2 is 2.00 bits per heavy atom. The molecule has 0 bridgehead atoms. The van der Waals surface area contributed by atoms with Crippen molar-refractivity contribution in [3.63, 3.8) is 0 Å². The van der Waals surface area contributed by atoms with Crippen LogP contribution in [0.15, 0.2) is 41.4 Å². The minimum absolute atomic E-state index is 0.116. The fourth-order valence-corrected chi connectivity index (χ4v) is 2.75. The van der Waals surface area contributed by atoms with Crippen molar-refractivity contribution in [2.24, 2.45) is 5.41 Å². The van der Waals surface area contributed by atoms with Gasteiger partial charge in [-0.3, -0.25) is 0 Å². The lowest BCUT2D eigenvalue weighted by molar-refractivity contribution is -0.577. The van der Waals surface area contributed by atoms with Gasteiger partial charge in [0, 0.05) is 29.4 Å². The van der Waals surface area contributed by atoms with E-state index in [4.69, 9.17) is 0 Å². The fourth-order valence-electron chi connectivity index (χ4n) is 1.62. The van der Waals surface area contributed by atoms with Crippen LogP contribution in [0.3, 0.4) is 0 Å². The van der Waals surface area contributed by atoms with E-state index in [2.05, 4.69) is 0 Å². The molecule has 0 atom stereocenters. The quantitative estimate of drug-likeness (QED) is 0.524. The van der Waals surface area contributed by atoms with Gasteiger partial charge < -0.3 is 10.3 Å². The first kappa shape index (κ1) is 13.2. The van der Waals surface area contributed by atoms with Crippen LogP contribution >= 0.6 is 11.8 Å². The van der Waals surface area contributed by atoms with Gasteiger partial charge >= 0.3 is 0 Å². The molecule has 1 N–H and O–H groups in total. The first-order chi connectivity index (χ1) is 8.53. The summed E-state index contributed by atoms with van der Waals surface area (Å²) < 4.78 is 0.885. The molecule has 18 heavy (non-hydrogen) atoms. The Morgan fingerprint density at radius 3 is 2.72 bits per heavy atom. The average molecular weight is 263 g/mol. The van der Waals surface area contributed by atoms with Gasteiger partial charge in [0.1, 0.15) is 0 Å². The van der Waals surface area contributed by atoms with Gasteiger partial charge in [0.15, 0.2) is 6.20 Å². The first-order valence-corrected chi connectivity index (χ1v) is 6.87. The number of aliphatic hydroxyl groups excluding tert-OH is 1. The van der Waals surface area contributed by atoms with Gasteiger partial charge in [0.2, 0.25) is 5.52 Å². The molecule has 96 valence electrons. The molecule has 0 amide bonds. The zero-order chi connectivity index (χ0) is 13.2. The summed E-state index contributed by atoms with van der Waals surface area (Å²) in [6, 6.07) is 9.42. The molecule has 1 aromatic carbocycles. The summed E-state index contributed by atoms with van der Waals surface area (Å²) in [4.78, 5) is 1.08. The van der Waals surface area contributed by atoms with E-state index in [1.54, 1.807) is 11.8 Å². The molecule has 0 unspecified atom stereocenters. The second-order valence-corrected chi connectivity index (χ2v) is 6.15. The molecule has 1 heterocycles. The Bertz CT molecular complexity index is 554. The molecule has 0 saturated heterocycles. The van der Waals surface area contributed by atoms with Crippen LogP contribution in [0.4, 0.5) is 0 Å². The number of para-hydroxylation sites is 1. The third-order valence-electron chi connectivity index (χ3n) is 2.81. The molecule has 0 fully saturated rings. The Kier molecular flexibility index (Phi) is 3.78. The fraction of sp³-hybridized carbons (Fsp3) is 0.357. The number of rotatable bonds is 4. The topological polar surface area (TPSA) is 47.2 Å². The lowest BCUT2D eigenvalue weighted by atomic mass is 9.98. The van der Waals surface area contributed by atoms with Crippen molar-refractivity contribution in [1.82, 2.24) is 0 Å². The number of hydrogen-bond donors (Lipinski definition) is 1. The van der Waals surface area contributed by atoms with Crippen LogP contribution in [0, 0.1) is 10.6 Å². The van der Waals surface area contributed by atoms with Gasteiger partial charge in [-0.05, 0) is 11.5 Å². The van der Waals surface area contributed by atoms with E-state index >= 15 is 0 Å². The van der Waals surface area contributed by atoms with E-state index in [-0.39, 0.29) is 12.0 Å². The van der Waals surface area contributed by atoms with Crippen LogP contribution in [0.1, 0.15) is 13.8 Å². The summed E-state index contributed by atoms with van der Waals surface area (Å²) in [5.41, 5.74) is 0.569.